The molecule has 0 aliphatic carbocycles. The third kappa shape index (κ3) is 7.38. The highest BCUT2D eigenvalue weighted by Crippen LogP contribution is 2.19. The predicted octanol–water partition coefficient (Wildman–Crippen LogP) is 1.62. The Kier molecular flexibility index (Phi) is 11.6. The number of aliphatic imine (C=N–C) groups is 1. The molecule has 0 aromatic heterocycles. The number of halogens is 1. The maximum absolute atomic E-state index is 12.3. The van der Waals surface area contributed by atoms with Gasteiger partial charge >= 0.3 is 0 Å². The third-order valence-electron chi connectivity index (χ3n) is 5.35. The van der Waals surface area contributed by atoms with Crippen LogP contribution in [0.15, 0.2) is 4.99 Å². The van der Waals surface area contributed by atoms with Crippen LogP contribution in [0.2, 0.25) is 0 Å². The first-order valence-corrected chi connectivity index (χ1v) is 10.1. The number of likely N-dealkylation sites (tertiary alicyclic amines) is 2. The van der Waals surface area contributed by atoms with Crippen LogP contribution in [0.3, 0.4) is 0 Å². The standard InChI is InChI=1S/C19H37N5O2.HI/c1-5-26-16-9-14-24(15-10-16)19(20-2)21-11-7-13-23-12-6-8-17(23)18(25)22(3)4;/h16-17H,5-15H2,1-4H3,(H,20,21);1H. The zero-order chi connectivity index (χ0) is 18.9. The molecule has 2 saturated heterocycles. The smallest absolute Gasteiger partial charge is 0.239 e. The highest BCUT2D eigenvalue weighted by Gasteiger charge is 2.31. The molecule has 1 atom stereocenters. The van der Waals surface area contributed by atoms with Crippen LogP contribution in [0.5, 0.6) is 0 Å². The molecule has 0 aromatic rings. The van der Waals surface area contributed by atoms with E-state index >= 15 is 0 Å². The summed E-state index contributed by atoms with van der Waals surface area (Å²) in [5, 5.41) is 3.49. The highest BCUT2D eigenvalue weighted by molar-refractivity contribution is 14.0. The van der Waals surface area contributed by atoms with Gasteiger partial charge in [-0.25, -0.2) is 0 Å². The van der Waals surface area contributed by atoms with Crippen molar-refractivity contribution < 1.29 is 9.53 Å². The zero-order valence-corrected chi connectivity index (χ0v) is 19.8. The molecule has 27 heavy (non-hydrogen) atoms. The van der Waals surface area contributed by atoms with Crippen LogP contribution < -0.4 is 5.32 Å². The van der Waals surface area contributed by atoms with E-state index in [2.05, 4.69) is 27.0 Å². The van der Waals surface area contributed by atoms with Gasteiger partial charge in [-0.3, -0.25) is 14.7 Å². The van der Waals surface area contributed by atoms with Gasteiger partial charge in [-0.2, -0.15) is 0 Å². The molecule has 8 heteroatoms. The number of piperidine rings is 1. The van der Waals surface area contributed by atoms with Crippen LogP contribution in [0.25, 0.3) is 0 Å². The van der Waals surface area contributed by atoms with Gasteiger partial charge in [0.2, 0.25) is 5.91 Å². The molecule has 0 radical (unpaired) electrons. The van der Waals surface area contributed by atoms with Gasteiger partial charge in [-0.05, 0) is 45.6 Å². The Bertz CT molecular complexity index is 467. The minimum Gasteiger partial charge on any atom is -0.378 e. The number of carbonyl (C=O) groups is 1. The van der Waals surface area contributed by atoms with Crippen molar-refractivity contribution >= 4 is 35.8 Å². The minimum atomic E-state index is 0. The zero-order valence-electron chi connectivity index (χ0n) is 17.4. The van der Waals surface area contributed by atoms with Crippen LogP contribution in [0.1, 0.15) is 39.0 Å². The Labute approximate surface area is 181 Å². The number of ether oxygens (including phenoxy) is 1. The second-order valence-corrected chi connectivity index (χ2v) is 7.40. The lowest BCUT2D eigenvalue weighted by atomic mass is 10.1. The van der Waals surface area contributed by atoms with Crippen molar-refractivity contribution in [3.05, 3.63) is 0 Å². The molecule has 158 valence electrons. The van der Waals surface area contributed by atoms with E-state index in [1.54, 1.807) is 4.90 Å². The van der Waals surface area contributed by atoms with Crippen LogP contribution in [-0.2, 0) is 9.53 Å². The number of nitrogens with one attached hydrogen (secondary N) is 1. The SMILES string of the molecule is CCOC1CCN(C(=NC)NCCCN2CCCC2C(=O)N(C)C)CC1.I. The number of amides is 1. The van der Waals surface area contributed by atoms with Gasteiger partial charge in [-0.1, -0.05) is 0 Å². The van der Waals surface area contributed by atoms with Gasteiger partial charge in [-0.15, -0.1) is 24.0 Å². The maximum Gasteiger partial charge on any atom is 0.239 e. The summed E-state index contributed by atoms with van der Waals surface area (Å²) in [6.07, 6.45) is 5.66. The Morgan fingerprint density at radius 3 is 2.52 bits per heavy atom. The van der Waals surface area contributed by atoms with E-state index in [9.17, 15) is 4.79 Å². The summed E-state index contributed by atoms with van der Waals surface area (Å²) in [5.41, 5.74) is 0. The van der Waals surface area contributed by atoms with Crippen LogP contribution in [0, 0.1) is 0 Å². The molecule has 0 bridgehead atoms. The fourth-order valence-electron chi connectivity index (χ4n) is 3.96. The molecule has 1 amide bonds. The normalized spacial score (nSPS) is 21.9. The topological polar surface area (TPSA) is 60.4 Å². The van der Waals surface area contributed by atoms with E-state index in [0.717, 1.165) is 77.4 Å². The number of carbonyl (C=O) groups excluding carboxylic acids is 1. The summed E-state index contributed by atoms with van der Waals surface area (Å²) in [5.74, 6) is 1.23. The van der Waals surface area contributed by atoms with Crippen molar-refractivity contribution in [2.45, 2.75) is 51.2 Å². The molecule has 1 unspecified atom stereocenters. The average molecular weight is 495 g/mol. The monoisotopic (exact) mass is 495 g/mol. The number of hydrogen-bond acceptors (Lipinski definition) is 4. The summed E-state index contributed by atoms with van der Waals surface area (Å²) in [7, 11) is 5.54. The number of nitrogens with zero attached hydrogens (tertiary/aromatic N) is 4. The Hall–Kier alpha value is -0.610. The van der Waals surface area contributed by atoms with Gasteiger partial charge in [0.05, 0.1) is 12.1 Å². The molecular weight excluding hydrogens is 457 g/mol. The predicted molar refractivity (Wildman–Crippen MR) is 121 cm³/mol. The fraction of sp³-hybridized carbons (Fsp3) is 0.895. The quantitative estimate of drug-likeness (QED) is 0.252. The van der Waals surface area contributed by atoms with E-state index in [1.807, 2.05) is 21.1 Å². The molecule has 0 aromatic carbocycles. The number of hydrogen-bond donors (Lipinski definition) is 1. The lowest BCUT2D eigenvalue weighted by molar-refractivity contribution is -0.133. The summed E-state index contributed by atoms with van der Waals surface area (Å²) in [6, 6.07) is 0.0712. The molecular formula is C19H38IN5O2. The van der Waals surface area contributed by atoms with Gasteiger partial charge in [0, 0.05) is 53.9 Å². The highest BCUT2D eigenvalue weighted by atomic mass is 127. The molecule has 7 nitrogen and oxygen atoms in total. The van der Waals surface area contributed by atoms with Crippen molar-refractivity contribution in [3.8, 4) is 0 Å². The van der Waals surface area contributed by atoms with Gasteiger partial charge < -0.3 is 19.9 Å². The largest absolute Gasteiger partial charge is 0.378 e. The van der Waals surface area contributed by atoms with E-state index in [0.29, 0.717) is 6.10 Å². The lowest BCUT2D eigenvalue weighted by Crippen LogP contribution is -2.47. The third-order valence-corrected chi connectivity index (χ3v) is 5.35. The lowest BCUT2D eigenvalue weighted by Gasteiger charge is -2.34. The van der Waals surface area contributed by atoms with Crippen LogP contribution >= 0.6 is 24.0 Å². The molecule has 0 spiro atoms. The van der Waals surface area contributed by atoms with Crippen molar-refractivity contribution in [3.63, 3.8) is 0 Å². The first-order valence-electron chi connectivity index (χ1n) is 10.1. The van der Waals surface area contributed by atoms with E-state index < -0.39 is 0 Å². The number of rotatable bonds is 7. The van der Waals surface area contributed by atoms with Gasteiger partial charge in [0.1, 0.15) is 0 Å². The number of guanidine groups is 1. The molecule has 2 rings (SSSR count). The molecule has 2 aliphatic rings. The van der Waals surface area contributed by atoms with Crippen LogP contribution in [-0.4, -0.2) is 99.2 Å². The van der Waals surface area contributed by atoms with Crippen LogP contribution in [0.4, 0.5) is 0 Å². The minimum absolute atomic E-state index is 0. The van der Waals surface area contributed by atoms with Crippen molar-refractivity contribution in [2.75, 3.05) is 60.5 Å². The second-order valence-electron chi connectivity index (χ2n) is 7.40. The van der Waals surface area contributed by atoms with E-state index in [4.69, 9.17) is 4.74 Å². The first kappa shape index (κ1) is 24.4. The second kappa shape index (κ2) is 12.8. The first-order chi connectivity index (χ1) is 12.6. The van der Waals surface area contributed by atoms with E-state index in [-0.39, 0.29) is 35.9 Å². The summed E-state index contributed by atoms with van der Waals surface area (Å²) in [6.45, 7) is 7.73. The van der Waals surface area contributed by atoms with Gasteiger partial charge in [0.15, 0.2) is 5.96 Å². The molecule has 2 aliphatic heterocycles. The molecule has 0 saturated carbocycles. The summed E-state index contributed by atoms with van der Waals surface area (Å²) < 4.78 is 5.72. The number of likely N-dealkylation sites (N-methyl/N-ethyl adjacent to an activating group) is 1. The van der Waals surface area contributed by atoms with Gasteiger partial charge in [0.25, 0.3) is 0 Å². The Balaban J connectivity index is 0.00000364. The average Bonchev–Trinajstić information content (AvgIpc) is 3.10. The van der Waals surface area contributed by atoms with Crippen molar-refractivity contribution in [1.82, 2.24) is 20.0 Å². The molecule has 2 heterocycles. The van der Waals surface area contributed by atoms with Crippen molar-refractivity contribution in [1.29, 1.82) is 0 Å². The molecule has 1 N–H and O–H groups in total. The maximum atomic E-state index is 12.3. The Morgan fingerprint density at radius 1 is 1.22 bits per heavy atom. The fourth-order valence-corrected chi connectivity index (χ4v) is 3.96. The van der Waals surface area contributed by atoms with Crippen molar-refractivity contribution in [2.24, 2.45) is 4.99 Å². The Morgan fingerprint density at radius 2 is 1.93 bits per heavy atom. The van der Waals surface area contributed by atoms with E-state index in [1.165, 1.54) is 0 Å². The summed E-state index contributed by atoms with van der Waals surface area (Å²) in [4.78, 5) is 23.1. The summed E-state index contributed by atoms with van der Waals surface area (Å²) >= 11 is 0. The molecule has 2 fully saturated rings.